The summed E-state index contributed by atoms with van der Waals surface area (Å²) in [6, 6.07) is 9.05. The third-order valence-electron chi connectivity index (χ3n) is 4.27. The molecule has 2 amide bonds. The number of likely N-dealkylation sites (tertiary alicyclic amines) is 1. The highest BCUT2D eigenvalue weighted by Gasteiger charge is 2.27. The lowest BCUT2D eigenvalue weighted by molar-refractivity contribution is -0.127. The number of benzene rings is 1. The number of H-pyrrole nitrogens is 1. The Labute approximate surface area is 140 Å². The highest BCUT2D eigenvalue weighted by molar-refractivity contribution is 6.04. The monoisotopic (exact) mass is 324 g/mol. The van der Waals surface area contributed by atoms with Gasteiger partial charge in [-0.3, -0.25) is 14.7 Å². The van der Waals surface area contributed by atoms with Crippen LogP contribution in [0.15, 0.2) is 49.2 Å². The van der Waals surface area contributed by atoms with Crippen molar-refractivity contribution in [3.63, 3.8) is 0 Å². The lowest BCUT2D eigenvalue weighted by Gasteiger charge is -2.32. The van der Waals surface area contributed by atoms with Crippen LogP contribution in [0.3, 0.4) is 0 Å². The van der Waals surface area contributed by atoms with Crippen molar-refractivity contribution >= 4 is 17.5 Å². The minimum absolute atomic E-state index is 0.0610. The maximum Gasteiger partial charge on any atom is 0.255 e. The molecule has 0 saturated carbocycles. The van der Waals surface area contributed by atoms with Crippen molar-refractivity contribution in [1.82, 2.24) is 15.1 Å². The van der Waals surface area contributed by atoms with E-state index in [2.05, 4.69) is 22.1 Å². The Morgan fingerprint density at radius 2 is 2.12 bits per heavy atom. The van der Waals surface area contributed by atoms with Crippen LogP contribution in [0, 0.1) is 0 Å². The summed E-state index contributed by atoms with van der Waals surface area (Å²) in [7, 11) is 0. The quantitative estimate of drug-likeness (QED) is 0.849. The van der Waals surface area contributed by atoms with Crippen molar-refractivity contribution in [1.29, 1.82) is 0 Å². The molecule has 1 aliphatic rings. The summed E-state index contributed by atoms with van der Waals surface area (Å²) >= 11 is 0. The Bertz CT molecular complexity index is 738. The number of nitrogens with zero attached hydrogens (tertiary/aromatic N) is 2. The van der Waals surface area contributed by atoms with Gasteiger partial charge in [-0.2, -0.15) is 5.10 Å². The number of aromatic nitrogens is 2. The third kappa shape index (κ3) is 3.37. The molecule has 1 saturated heterocycles. The molecule has 6 nitrogen and oxygen atoms in total. The zero-order valence-electron chi connectivity index (χ0n) is 13.4. The zero-order chi connectivity index (χ0) is 16.9. The highest BCUT2D eigenvalue weighted by atomic mass is 16.2. The van der Waals surface area contributed by atoms with E-state index in [-0.39, 0.29) is 17.7 Å². The second-order valence-corrected chi connectivity index (χ2v) is 5.85. The van der Waals surface area contributed by atoms with Crippen LogP contribution in [-0.2, 0) is 4.79 Å². The average molecular weight is 324 g/mol. The van der Waals surface area contributed by atoms with E-state index in [1.165, 1.54) is 6.08 Å². The molecule has 0 aliphatic carbocycles. The standard InChI is InChI=1S/C18H20N4O2/c1-2-16(23)22-10-6-9-14(12-22)17-15(11-19-21-17)20-18(24)13-7-4-3-5-8-13/h2-5,7-8,11,14H,1,6,9-10,12H2,(H,19,21)(H,20,24). The van der Waals surface area contributed by atoms with Gasteiger partial charge < -0.3 is 10.2 Å². The Hall–Kier alpha value is -2.89. The van der Waals surface area contributed by atoms with E-state index in [0.717, 1.165) is 25.1 Å². The molecule has 1 fully saturated rings. The fourth-order valence-corrected chi connectivity index (χ4v) is 3.03. The van der Waals surface area contributed by atoms with Crippen molar-refractivity contribution in [2.24, 2.45) is 0 Å². The topological polar surface area (TPSA) is 78.1 Å². The number of carbonyl (C=O) groups excluding carboxylic acids is 2. The average Bonchev–Trinajstić information content (AvgIpc) is 3.10. The van der Waals surface area contributed by atoms with E-state index < -0.39 is 0 Å². The summed E-state index contributed by atoms with van der Waals surface area (Å²) in [4.78, 5) is 26.0. The van der Waals surface area contributed by atoms with Gasteiger partial charge in [0.05, 0.1) is 17.6 Å². The first kappa shape index (κ1) is 16.0. The van der Waals surface area contributed by atoms with Crippen molar-refractivity contribution in [3.8, 4) is 0 Å². The molecule has 2 heterocycles. The molecule has 1 aromatic heterocycles. The maximum absolute atomic E-state index is 12.3. The van der Waals surface area contributed by atoms with Gasteiger partial charge in [0.2, 0.25) is 5.91 Å². The van der Waals surface area contributed by atoms with Gasteiger partial charge in [0.15, 0.2) is 0 Å². The molecule has 6 heteroatoms. The molecule has 0 radical (unpaired) electrons. The van der Waals surface area contributed by atoms with Crippen molar-refractivity contribution in [3.05, 3.63) is 60.4 Å². The fourth-order valence-electron chi connectivity index (χ4n) is 3.03. The van der Waals surface area contributed by atoms with Gasteiger partial charge in [0.25, 0.3) is 5.91 Å². The SMILES string of the molecule is C=CC(=O)N1CCCC(c2[nH]ncc2NC(=O)c2ccccc2)C1. The van der Waals surface area contributed by atoms with E-state index in [9.17, 15) is 9.59 Å². The lowest BCUT2D eigenvalue weighted by atomic mass is 9.94. The molecule has 24 heavy (non-hydrogen) atoms. The molecule has 2 N–H and O–H groups in total. The molecular formula is C18H20N4O2. The Morgan fingerprint density at radius 1 is 1.33 bits per heavy atom. The van der Waals surface area contributed by atoms with Crippen LogP contribution < -0.4 is 5.32 Å². The number of amides is 2. The molecular weight excluding hydrogens is 304 g/mol. The number of aromatic amines is 1. The second-order valence-electron chi connectivity index (χ2n) is 5.85. The summed E-state index contributed by atoms with van der Waals surface area (Å²) in [5.74, 6) is -0.113. The first-order valence-electron chi connectivity index (χ1n) is 8.00. The molecule has 0 spiro atoms. The van der Waals surface area contributed by atoms with E-state index in [1.54, 1.807) is 23.2 Å². The van der Waals surface area contributed by atoms with Gasteiger partial charge in [0, 0.05) is 24.6 Å². The van der Waals surface area contributed by atoms with Crippen molar-refractivity contribution in [2.75, 3.05) is 18.4 Å². The summed E-state index contributed by atoms with van der Waals surface area (Å²) in [6.45, 7) is 4.88. The summed E-state index contributed by atoms with van der Waals surface area (Å²) in [5, 5.41) is 9.96. The Balaban J connectivity index is 1.74. The molecule has 1 aliphatic heterocycles. The number of anilines is 1. The number of rotatable bonds is 4. The normalized spacial score (nSPS) is 17.3. The van der Waals surface area contributed by atoms with Crippen LogP contribution in [0.4, 0.5) is 5.69 Å². The first-order valence-corrected chi connectivity index (χ1v) is 8.00. The first-order chi connectivity index (χ1) is 11.7. The highest BCUT2D eigenvalue weighted by Crippen LogP contribution is 2.30. The number of nitrogens with one attached hydrogen (secondary N) is 2. The van der Waals surface area contributed by atoms with Crippen LogP contribution in [0.25, 0.3) is 0 Å². The summed E-state index contributed by atoms with van der Waals surface area (Å²) in [5.41, 5.74) is 2.12. The van der Waals surface area contributed by atoms with Gasteiger partial charge in [-0.1, -0.05) is 24.8 Å². The van der Waals surface area contributed by atoms with Crippen LogP contribution >= 0.6 is 0 Å². The van der Waals surface area contributed by atoms with E-state index in [1.807, 2.05) is 18.2 Å². The van der Waals surface area contributed by atoms with Crippen molar-refractivity contribution in [2.45, 2.75) is 18.8 Å². The Morgan fingerprint density at radius 3 is 2.88 bits per heavy atom. The van der Waals surface area contributed by atoms with Crippen LogP contribution in [0.1, 0.15) is 34.8 Å². The predicted octanol–water partition coefficient (Wildman–Crippen LogP) is 2.55. The maximum atomic E-state index is 12.3. The number of carbonyl (C=O) groups is 2. The smallest absolute Gasteiger partial charge is 0.255 e. The van der Waals surface area contributed by atoms with Gasteiger partial charge in [-0.05, 0) is 31.1 Å². The lowest BCUT2D eigenvalue weighted by Crippen LogP contribution is -2.38. The Kier molecular flexibility index (Phi) is 4.74. The van der Waals surface area contributed by atoms with Gasteiger partial charge in [0.1, 0.15) is 0 Å². The molecule has 1 aromatic carbocycles. The molecule has 3 rings (SSSR count). The van der Waals surface area contributed by atoms with Crippen LogP contribution in [0.2, 0.25) is 0 Å². The molecule has 2 aromatic rings. The largest absolute Gasteiger partial charge is 0.339 e. The zero-order valence-corrected chi connectivity index (χ0v) is 13.4. The third-order valence-corrected chi connectivity index (χ3v) is 4.27. The minimum atomic E-state index is -0.173. The summed E-state index contributed by atoms with van der Waals surface area (Å²) < 4.78 is 0. The van der Waals surface area contributed by atoms with Gasteiger partial charge in [-0.15, -0.1) is 0 Å². The minimum Gasteiger partial charge on any atom is -0.339 e. The molecule has 1 atom stereocenters. The number of hydrogen-bond acceptors (Lipinski definition) is 3. The fraction of sp³-hybridized carbons (Fsp3) is 0.278. The molecule has 1 unspecified atom stereocenters. The summed E-state index contributed by atoms with van der Waals surface area (Å²) in [6.07, 6.45) is 4.81. The van der Waals surface area contributed by atoms with Gasteiger partial charge >= 0.3 is 0 Å². The predicted molar refractivity (Wildman–Crippen MR) is 91.7 cm³/mol. The van der Waals surface area contributed by atoms with E-state index in [0.29, 0.717) is 17.8 Å². The number of piperidine rings is 1. The molecule has 0 bridgehead atoms. The van der Waals surface area contributed by atoms with Gasteiger partial charge in [-0.25, -0.2) is 0 Å². The van der Waals surface area contributed by atoms with Crippen molar-refractivity contribution < 1.29 is 9.59 Å². The van der Waals surface area contributed by atoms with E-state index >= 15 is 0 Å². The van der Waals surface area contributed by atoms with E-state index in [4.69, 9.17) is 0 Å². The molecule has 124 valence electrons. The van der Waals surface area contributed by atoms with Crippen LogP contribution in [0.5, 0.6) is 0 Å². The second kappa shape index (κ2) is 7.12. The van der Waals surface area contributed by atoms with Crippen LogP contribution in [-0.4, -0.2) is 40.0 Å². The number of hydrogen-bond donors (Lipinski definition) is 2.